The van der Waals surface area contributed by atoms with Crippen LogP contribution < -0.4 is 0 Å². The van der Waals surface area contributed by atoms with Gasteiger partial charge in [0.05, 0.1) is 12.2 Å². The predicted octanol–water partition coefficient (Wildman–Crippen LogP) is 0.876. The van der Waals surface area contributed by atoms with Crippen molar-refractivity contribution in [2.75, 3.05) is 33.9 Å². The van der Waals surface area contributed by atoms with E-state index in [4.69, 9.17) is 14.6 Å². The molecule has 108 valence electrons. The van der Waals surface area contributed by atoms with Gasteiger partial charge < -0.3 is 14.6 Å². The molecule has 20 heavy (non-hydrogen) atoms. The third-order valence-electron chi connectivity index (χ3n) is 3.57. The highest BCUT2D eigenvalue weighted by atomic mass is 16.5. The van der Waals surface area contributed by atoms with E-state index in [1.807, 2.05) is 12.1 Å². The van der Waals surface area contributed by atoms with Crippen molar-refractivity contribution in [1.82, 2.24) is 4.90 Å². The lowest BCUT2D eigenvalue weighted by Gasteiger charge is -2.15. The van der Waals surface area contributed by atoms with Gasteiger partial charge >= 0.3 is 0 Å². The number of benzene rings is 1. The summed E-state index contributed by atoms with van der Waals surface area (Å²) in [5.41, 5.74) is 2.17. The molecule has 4 heteroatoms. The Labute approximate surface area is 120 Å². The van der Waals surface area contributed by atoms with Crippen LogP contribution in [0.1, 0.15) is 11.1 Å². The van der Waals surface area contributed by atoms with E-state index < -0.39 is 0 Å². The third kappa shape index (κ3) is 3.81. The molecule has 1 heterocycles. The minimum absolute atomic E-state index is 0.105. The second-order valence-electron chi connectivity index (χ2n) is 4.90. The Morgan fingerprint density at radius 1 is 1.15 bits per heavy atom. The fourth-order valence-electron chi connectivity index (χ4n) is 2.49. The molecule has 2 atom stereocenters. The molecular formula is C16H21NO3. The molecule has 1 aromatic rings. The van der Waals surface area contributed by atoms with Crippen LogP contribution in [0.5, 0.6) is 0 Å². The van der Waals surface area contributed by atoms with Gasteiger partial charge in [0.1, 0.15) is 6.61 Å². The standard InChI is InChI=1S/C16H21NO3/c1-19-15-11-17(12-16(15)20-2)10-14-7-5-13(6-8-14)4-3-9-18/h5-8,15-16,18H,9-12H2,1-2H3. The molecule has 1 N–H and O–H groups in total. The quantitative estimate of drug-likeness (QED) is 0.828. The van der Waals surface area contributed by atoms with E-state index in [0.717, 1.165) is 25.2 Å². The summed E-state index contributed by atoms with van der Waals surface area (Å²) in [6.45, 7) is 2.56. The van der Waals surface area contributed by atoms with Crippen molar-refractivity contribution < 1.29 is 14.6 Å². The van der Waals surface area contributed by atoms with Crippen molar-refractivity contribution in [3.8, 4) is 11.8 Å². The molecule has 0 bridgehead atoms. The average Bonchev–Trinajstić information content (AvgIpc) is 2.88. The topological polar surface area (TPSA) is 41.9 Å². The lowest BCUT2D eigenvalue weighted by Crippen LogP contribution is -2.27. The van der Waals surface area contributed by atoms with E-state index in [0.29, 0.717) is 0 Å². The summed E-state index contributed by atoms with van der Waals surface area (Å²) < 4.78 is 10.9. The number of nitrogens with zero attached hydrogens (tertiary/aromatic N) is 1. The first-order chi connectivity index (χ1) is 9.76. The fourth-order valence-corrected chi connectivity index (χ4v) is 2.49. The van der Waals surface area contributed by atoms with Crippen molar-refractivity contribution in [3.05, 3.63) is 35.4 Å². The van der Waals surface area contributed by atoms with Crippen LogP contribution in [-0.2, 0) is 16.0 Å². The Bertz CT molecular complexity index is 463. The van der Waals surface area contributed by atoms with Crippen LogP contribution in [0.15, 0.2) is 24.3 Å². The molecular weight excluding hydrogens is 254 g/mol. The molecule has 0 saturated carbocycles. The Hall–Kier alpha value is -1.38. The van der Waals surface area contributed by atoms with Gasteiger partial charge in [-0.25, -0.2) is 0 Å². The van der Waals surface area contributed by atoms with Gasteiger partial charge in [-0.15, -0.1) is 0 Å². The maximum Gasteiger partial charge on any atom is 0.104 e. The van der Waals surface area contributed by atoms with Gasteiger partial charge in [0, 0.05) is 39.4 Å². The highest BCUT2D eigenvalue weighted by Crippen LogP contribution is 2.18. The molecule has 1 aliphatic heterocycles. The first-order valence-electron chi connectivity index (χ1n) is 6.73. The minimum atomic E-state index is -0.105. The molecule has 0 radical (unpaired) electrons. The highest BCUT2D eigenvalue weighted by Gasteiger charge is 2.32. The molecule has 0 amide bonds. The fraction of sp³-hybridized carbons (Fsp3) is 0.500. The monoisotopic (exact) mass is 275 g/mol. The van der Waals surface area contributed by atoms with Gasteiger partial charge in [0.15, 0.2) is 0 Å². The predicted molar refractivity (Wildman–Crippen MR) is 77.3 cm³/mol. The SMILES string of the molecule is COC1CN(Cc2ccc(C#CCO)cc2)CC1OC. The van der Waals surface area contributed by atoms with Crippen LogP contribution in [0.2, 0.25) is 0 Å². The van der Waals surface area contributed by atoms with Gasteiger partial charge in [0.25, 0.3) is 0 Å². The van der Waals surface area contributed by atoms with Crippen molar-refractivity contribution in [2.24, 2.45) is 0 Å². The lowest BCUT2D eigenvalue weighted by atomic mass is 10.1. The first-order valence-corrected chi connectivity index (χ1v) is 6.73. The number of ether oxygens (including phenoxy) is 2. The molecule has 2 unspecified atom stereocenters. The number of hydrogen-bond acceptors (Lipinski definition) is 4. The van der Waals surface area contributed by atoms with Gasteiger partial charge in [-0.05, 0) is 17.7 Å². The number of hydrogen-bond donors (Lipinski definition) is 1. The Morgan fingerprint density at radius 2 is 1.75 bits per heavy atom. The van der Waals surface area contributed by atoms with Gasteiger partial charge in [0.2, 0.25) is 0 Å². The second kappa shape index (κ2) is 7.41. The molecule has 1 aliphatic rings. The summed E-state index contributed by atoms with van der Waals surface area (Å²) in [5.74, 6) is 5.54. The number of methoxy groups -OCH3 is 2. The van der Waals surface area contributed by atoms with Crippen LogP contribution in [-0.4, -0.2) is 56.1 Å². The van der Waals surface area contributed by atoms with Crippen molar-refractivity contribution in [2.45, 2.75) is 18.8 Å². The zero-order chi connectivity index (χ0) is 14.4. The Morgan fingerprint density at radius 3 is 2.25 bits per heavy atom. The summed E-state index contributed by atoms with van der Waals surface area (Å²) in [4.78, 5) is 2.33. The summed E-state index contributed by atoms with van der Waals surface area (Å²) in [7, 11) is 3.46. The van der Waals surface area contributed by atoms with Crippen molar-refractivity contribution in [1.29, 1.82) is 0 Å². The summed E-state index contributed by atoms with van der Waals surface area (Å²) in [6, 6.07) is 8.11. The van der Waals surface area contributed by atoms with E-state index in [-0.39, 0.29) is 18.8 Å². The Kier molecular flexibility index (Phi) is 5.57. The van der Waals surface area contributed by atoms with E-state index >= 15 is 0 Å². The Balaban J connectivity index is 1.94. The summed E-state index contributed by atoms with van der Waals surface area (Å²) in [6.07, 6.45) is 0.296. The van der Waals surface area contributed by atoms with E-state index in [2.05, 4.69) is 28.9 Å². The molecule has 0 aliphatic carbocycles. The average molecular weight is 275 g/mol. The normalized spacial score (nSPS) is 22.6. The molecule has 0 spiro atoms. The van der Waals surface area contributed by atoms with Gasteiger partial charge in [-0.3, -0.25) is 4.90 Å². The molecule has 4 nitrogen and oxygen atoms in total. The smallest absolute Gasteiger partial charge is 0.104 e. The number of aliphatic hydroxyl groups is 1. The molecule has 0 aromatic heterocycles. The first kappa shape index (κ1) is 15.0. The minimum Gasteiger partial charge on any atom is -0.384 e. The van der Waals surface area contributed by atoms with Gasteiger partial charge in [-0.2, -0.15) is 0 Å². The maximum atomic E-state index is 8.66. The molecule has 1 fully saturated rings. The van der Waals surface area contributed by atoms with Crippen LogP contribution in [0.3, 0.4) is 0 Å². The van der Waals surface area contributed by atoms with Crippen LogP contribution in [0.4, 0.5) is 0 Å². The third-order valence-corrected chi connectivity index (χ3v) is 3.57. The molecule has 2 rings (SSSR count). The van der Waals surface area contributed by atoms with Crippen LogP contribution in [0.25, 0.3) is 0 Å². The zero-order valence-electron chi connectivity index (χ0n) is 12.0. The van der Waals surface area contributed by atoms with Crippen LogP contribution in [0, 0.1) is 11.8 Å². The van der Waals surface area contributed by atoms with Gasteiger partial charge in [-0.1, -0.05) is 24.0 Å². The van der Waals surface area contributed by atoms with E-state index in [9.17, 15) is 0 Å². The second-order valence-corrected chi connectivity index (χ2v) is 4.90. The molecule has 1 saturated heterocycles. The lowest BCUT2D eigenvalue weighted by molar-refractivity contribution is -0.00461. The maximum absolute atomic E-state index is 8.66. The molecule has 1 aromatic carbocycles. The number of likely N-dealkylation sites (tertiary alicyclic amines) is 1. The summed E-state index contributed by atoms with van der Waals surface area (Å²) >= 11 is 0. The van der Waals surface area contributed by atoms with Crippen molar-refractivity contribution in [3.63, 3.8) is 0 Å². The largest absolute Gasteiger partial charge is 0.384 e. The van der Waals surface area contributed by atoms with Crippen LogP contribution >= 0.6 is 0 Å². The van der Waals surface area contributed by atoms with Crippen molar-refractivity contribution >= 4 is 0 Å². The summed E-state index contributed by atoms with van der Waals surface area (Å²) in [5, 5.41) is 8.66. The zero-order valence-corrected chi connectivity index (χ0v) is 12.0. The van der Waals surface area contributed by atoms with E-state index in [1.165, 1.54) is 5.56 Å². The van der Waals surface area contributed by atoms with E-state index in [1.54, 1.807) is 14.2 Å². The number of rotatable bonds is 4. The highest BCUT2D eigenvalue weighted by molar-refractivity contribution is 5.36. The number of aliphatic hydroxyl groups excluding tert-OH is 1.